The minimum Gasteiger partial charge on any atom is -0.126 e. The normalized spacial score (nSPS) is 13.5. The summed E-state index contributed by atoms with van der Waals surface area (Å²) in [4.78, 5) is 0. The lowest BCUT2D eigenvalue weighted by Crippen LogP contribution is -2.06. The third-order valence-corrected chi connectivity index (χ3v) is 9.24. The van der Waals surface area contributed by atoms with Crippen molar-refractivity contribution in [3.8, 4) is 0 Å². The SMILES string of the molecule is C=Cc1ccc(CCC(CC(Cl)c2ccc(CCl)cc2)c2ccc(CCC(Cl)c3ccc(CCCl)cc3)cc2)cc1. The largest absolute Gasteiger partial charge is 0.126 e. The van der Waals surface area contributed by atoms with Crippen molar-refractivity contribution in [2.45, 2.75) is 61.1 Å². The summed E-state index contributed by atoms with van der Waals surface area (Å²) in [5, 5.41) is -0.0813. The van der Waals surface area contributed by atoms with Crippen LogP contribution in [0.15, 0.2) is 104 Å². The van der Waals surface area contributed by atoms with Gasteiger partial charge in [0.2, 0.25) is 0 Å². The Bertz CT molecular complexity index is 1330. The van der Waals surface area contributed by atoms with Gasteiger partial charge in [0.05, 0.1) is 10.8 Å². The van der Waals surface area contributed by atoms with Crippen molar-refractivity contribution in [2.24, 2.45) is 0 Å². The Morgan fingerprint density at radius 3 is 1.54 bits per heavy atom. The molecule has 0 aliphatic rings. The molecule has 0 radical (unpaired) electrons. The summed E-state index contributed by atoms with van der Waals surface area (Å²) in [7, 11) is 0. The van der Waals surface area contributed by atoms with Crippen LogP contribution in [0.5, 0.6) is 0 Å². The fourth-order valence-electron chi connectivity index (χ4n) is 5.20. The summed E-state index contributed by atoms with van der Waals surface area (Å²) < 4.78 is 0. The average Bonchev–Trinajstić information content (AvgIpc) is 3.03. The molecule has 4 aromatic rings. The summed E-state index contributed by atoms with van der Waals surface area (Å²) in [6.45, 7) is 3.87. The van der Waals surface area contributed by atoms with E-state index in [1.54, 1.807) is 0 Å². The summed E-state index contributed by atoms with van der Waals surface area (Å²) in [5.41, 5.74) is 9.77. The van der Waals surface area contributed by atoms with Crippen LogP contribution in [0, 0.1) is 0 Å². The van der Waals surface area contributed by atoms with Crippen LogP contribution in [0.3, 0.4) is 0 Å². The van der Waals surface area contributed by atoms with Gasteiger partial charge in [-0.05, 0) is 89.0 Å². The highest BCUT2D eigenvalue weighted by molar-refractivity contribution is 6.21. The molecule has 0 bridgehead atoms. The van der Waals surface area contributed by atoms with E-state index in [-0.39, 0.29) is 10.8 Å². The highest BCUT2D eigenvalue weighted by Gasteiger charge is 2.19. The van der Waals surface area contributed by atoms with Crippen molar-refractivity contribution in [1.29, 1.82) is 0 Å². The summed E-state index contributed by atoms with van der Waals surface area (Å²) in [6, 6.07) is 34.6. The van der Waals surface area contributed by atoms with Gasteiger partial charge in [-0.2, -0.15) is 0 Å². The monoisotopic (exact) mass is 622 g/mol. The summed E-state index contributed by atoms with van der Waals surface area (Å²) in [6.07, 6.45) is 7.48. The zero-order valence-electron chi connectivity index (χ0n) is 23.4. The zero-order chi connectivity index (χ0) is 29.0. The molecule has 3 atom stereocenters. The van der Waals surface area contributed by atoms with E-state index in [2.05, 4.69) is 104 Å². The standard InChI is InChI=1S/C37H38Cl4/c1-2-27-3-5-28(6-4-27)11-21-35(25-37(41)34-19-12-31(26-39)13-20-34)32-15-7-29(8-16-32)14-22-36(40)33-17-9-30(10-18-33)23-24-38/h2-10,12-13,15-20,35-37H,1,11,14,21-26H2. The second kappa shape index (κ2) is 16.4. The molecule has 0 amide bonds. The lowest BCUT2D eigenvalue weighted by atomic mass is 9.86. The number of hydrogen-bond acceptors (Lipinski definition) is 0. The topological polar surface area (TPSA) is 0 Å². The molecule has 214 valence electrons. The van der Waals surface area contributed by atoms with E-state index in [0.717, 1.165) is 60.8 Å². The minimum absolute atomic E-state index is 0.0119. The molecule has 0 saturated carbocycles. The van der Waals surface area contributed by atoms with E-state index >= 15 is 0 Å². The number of benzene rings is 4. The molecule has 41 heavy (non-hydrogen) atoms. The molecular formula is C37H38Cl4. The van der Waals surface area contributed by atoms with E-state index in [4.69, 9.17) is 46.4 Å². The number of halogens is 4. The molecule has 0 spiro atoms. The van der Waals surface area contributed by atoms with Gasteiger partial charge in [-0.1, -0.05) is 110 Å². The van der Waals surface area contributed by atoms with Crippen LogP contribution in [0.25, 0.3) is 6.08 Å². The molecule has 0 fully saturated rings. The Hall–Kier alpha value is -2.22. The third kappa shape index (κ3) is 9.65. The first-order valence-electron chi connectivity index (χ1n) is 14.4. The minimum atomic E-state index is -0.0694. The van der Waals surface area contributed by atoms with Crippen molar-refractivity contribution in [3.63, 3.8) is 0 Å². The van der Waals surface area contributed by atoms with E-state index in [0.29, 0.717) is 17.7 Å². The van der Waals surface area contributed by atoms with Crippen LogP contribution in [-0.2, 0) is 25.1 Å². The molecule has 0 aromatic heterocycles. The van der Waals surface area contributed by atoms with Gasteiger partial charge in [-0.3, -0.25) is 0 Å². The highest BCUT2D eigenvalue weighted by atomic mass is 35.5. The Labute approximate surface area is 266 Å². The van der Waals surface area contributed by atoms with Crippen LogP contribution in [-0.4, -0.2) is 5.88 Å². The Kier molecular flexibility index (Phi) is 12.7. The molecule has 0 aliphatic carbocycles. The van der Waals surface area contributed by atoms with E-state index < -0.39 is 0 Å². The van der Waals surface area contributed by atoms with Crippen molar-refractivity contribution in [1.82, 2.24) is 0 Å². The van der Waals surface area contributed by atoms with Gasteiger partial charge in [0.1, 0.15) is 0 Å². The number of rotatable bonds is 15. The Morgan fingerprint density at radius 1 is 0.537 bits per heavy atom. The number of aryl methyl sites for hydroxylation is 3. The lowest BCUT2D eigenvalue weighted by molar-refractivity contribution is 0.567. The first kappa shape index (κ1) is 31.7. The molecule has 4 heteroatoms. The smallest absolute Gasteiger partial charge is 0.0591 e. The number of hydrogen-bond donors (Lipinski definition) is 0. The van der Waals surface area contributed by atoms with Crippen LogP contribution < -0.4 is 0 Å². The molecule has 0 aliphatic heterocycles. The van der Waals surface area contributed by atoms with Gasteiger partial charge in [-0.15, -0.1) is 46.4 Å². The van der Waals surface area contributed by atoms with Crippen LogP contribution in [0.4, 0.5) is 0 Å². The van der Waals surface area contributed by atoms with Gasteiger partial charge in [0.15, 0.2) is 0 Å². The van der Waals surface area contributed by atoms with Crippen LogP contribution in [0.1, 0.15) is 80.4 Å². The average molecular weight is 625 g/mol. The second-order valence-electron chi connectivity index (χ2n) is 10.7. The Morgan fingerprint density at radius 2 is 1.00 bits per heavy atom. The summed E-state index contributed by atoms with van der Waals surface area (Å²) in [5.74, 6) is 1.49. The molecule has 4 rings (SSSR count). The maximum atomic E-state index is 7.00. The predicted octanol–water partition coefficient (Wildman–Crippen LogP) is 11.8. The second-order valence-corrected chi connectivity index (χ2v) is 12.4. The van der Waals surface area contributed by atoms with Gasteiger partial charge in [-0.25, -0.2) is 0 Å². The molecule has 0 nitrogen and oxygen atoms in total. The highest BCUT2D eigenvalue weighted by Crippen LogP contribution is 2.36. The lowest BCUT2D eigenvalue weighted by Gasteiger charge is -2.22. The summed E-state index contributed by atoms with van der Waals surface area (Å²) >= 11 is 25.6. The zero-order valence-corrected chi connectivity index (χ0v) is 26.4. The fraction of sp³-hybridized carbons (Fsp3) is 0.297. The molecule has 0 saturated heterocycles. The Balaban J connectivity index is 1.42. The van der Waals surface area contributed by atoms with Gasteiger partial charge >= 0.3 is 0 Å². The molecule has 3 unspecified atom stereocenters. The van der Waals surface area contributed by atoms with Crippen molar-refractivity contribution in [2.75, 3.05) is 5.88 Å². The van der Waals surface area contributed by atoms with Gasteiger partial charge in [0.25, 0.3) is 0 Å². The third-order valence-electron chi connectivity index (χ3n) is 7.85. The maximum Gasteiger partial charge on any atom is 0.0591 e. The molecule has 0 N–H and O–H groups in total. The first-order chi connectivity index (χ1) is 20.0. The van der Waals surface area contributed by atoms with Crippen molar-refractivity contribution >= 4 is 52.5 Å². The molecule has 4 aromatic carbocycles. The van der Waals surface area contributed by atoms with Gasteiger partial charge in [0, 0.05) is 11.8 Å². The van der Waals surface area contributed by atoms with Crippen molar-refractivity contribution in [3.05, 3.63) is 148 Å². The molecular weight excluding hydrogens is 586 g/mol. The molecule has 0 heterocycles. The van der Waals surface area contributed by atoms with Crippen molar-refractivity contribution < 1.29 is 0 Å². The van der Waals surface area contributed by atoms with Crippen LogP contribution >= 0.6 is 46.4 Å². The predicted molar refractivity (Wildman–Crippen MR) is 181 cm³/mol. The quantitative estimate of drug-likeness (QED) is 0.116. The van der Waals surface area contributed by atoms with E-state index in [1.165, 1.54) is 22.3 Å². The number of alkyl halides is 4. The maximum absolute atomic E-state index is 7.00. The van der Waals surface area contributed by atoms with E-state index in [9.17, 15) is 0 Å². The van der Waals surface area contributed by atoms with E-state index in [1.807, 2.05) is 6.08 Å². The first-order valence-corrected chi connectivity index (χ1v) is 16.3. The van der Waals surface area contributed by atoms with Crippen LogP contribution in [0.2, 0.25) is 0 Å². The fourth-order valence-corrected chi connectivity index (χ4v) is 6.21. The van der Waals surface area contributed by atoms with Gasteiger partial charge < -0.3 is 0 Å².